The Kier molecular flexibility index (Phi) is 6.98. The average Bonchev–Trinajstić information content (AvgIpc) is 2.78. The van der Waals surface area contributed by atoms with E-state index in [9.17, 15) is 27.8 Å². The zero-order valence-corrected chi connectivity index (χ0v) is 17.6. The molecule has 2 amide bonds. The molecule has 3 rings (SSSR count). The van der Waals surface area contributed by atoms with E-state index in [2.05, 4.69) is 5.32 Å². The molecule has 1 aliphatic rings. The van der Waals surface area contributed by atoms with Crippen LogP contribution in [-0.4, -0.2) is 51.9 Å². The second-order valence-electron chi connectivity index (χ2n) is 6.82. The molecule has 168 valence electrons. The number of anilines is 2. The van der Waals surface area contributed by atoms with Gasteiger partial charge in [0.15, 0.2) is 11.9 Å². The number of hydrogen-bond acceptors (Lipinski definition) is 6. The lowest BCUT2D eigenvalue weighted by atomic mass is 10.1. The van der Waals surface area contributed by atoms with E-state index in [0.717, 1.165) is 0 Å². The van der Waals surface area contributed by atoms with Crippen molar-refractivity contribution in [2.24, 2.45) is 0 Å². The number of carboxylic acids is 1. The standard InChI is InChI=1S/C21H19FN2O7S/c1-12(20(28)23-13(10-19(26)27)16(25)11-22)31-21(29)24-14-6-2-4-8-17(14)32(30)18-9-5-3-7-15(18)24/h2-9,12-13H,10-11H2,1H3,(H,23,28)(H,26,27). The third-order valence-electron chi connectivity index (χ3n) is 4.66. The molecule has 1 heterocycles. The number of alkyl halides is 1. The number of halogens is 1. The molecule has 1 aliphatic heterocycles. The van der Waals surface area contributed by atoms with Crippen LogP contribution in [0.1, 0.15) is 13.3 Å². The van der Waals surface area contributed by atoms with Crippen molar-refractivity contribution in [3.05, 3.63) is 48.5 Å². The molecule has 2 aromatic rings. The van der Waals surface area contributed by atoms with E-state index in [1.54, 1.807) is 48.5 Å². The van der Waals surface area contributed by atoms with E-state index in [4.69, 9.17) is 9.84 Å². The molecule has 2 atom stereocenters. The number of para-hydroxylation sites is 2. The lowest BCUT2D eigenvalue weighted by molar-refractivity contribution is -0.141. The number of benzene rings is 2. The van der Waals surface area contributed by atoms with Gasteiger partial charge in [-0.3, -0.25) is 14.4 Å². The zero-order chi connectivity index (χ0) is 23.4. The number of Topliss-reactive ketones (excluding diaryl/α,β-unsaturated/α-hetero) is 1. The number of nitrogens with one attached hydrogen (secondary N) is 1. The third-order valence-corrected chi connectivity index (χ3v) is 6.15. The molecule has 2 N–H and O–H groups in total. The highest BCUT2D eigenvalue weighted by Crippen LogP contribution is 2.42. The van der Waals surface area contributed by atoms with Crippen LogP contribution >= 0.6 is 0 Å². The van der Waals surface area contributed by atoms with Crippen molar-refractivity contribution >= 4 is 45.9 Å². The van der Waals surface area contributed by atoms with E-state index in [0.29, 0.717) is 21.2 Å². The fourth-order valence-corrected chi connectivity index (χ4v) is 4.44. The molecule has 0 bridgehead atoms. The molecule has 2 aromatic carbocycles. The summed E-state index contributed by atoms with van der Waals surface area (Å²) in [6, 6.07) is 11.4. The van der Waals surface area contributed by atoms with Gasteiger partial charge in [0.25, 0.3) is 5.91 Å². The highest BCUT2D eigenvalue weighted by Gasteiger charge is 2.34. The van der Waals surface area contributed by atoms with Gasteiger partial charge >= 0.3 is 12.1 Å². The van der Waals surface area contributed by atoms with Gasteiger partial charge in [-0.1, -0.05) is 24.3 Å². The zero-order valence-electron chi connectivity index (χ0n) is 16.8. The maximum absolute atomic E-state index is 13.0. The molecule has 11 heteroatoms. The summed E-state index contributed by atoms with van der Waals surface area (Å²) < 4.78 is 30.8. The Hall–Kier alpha value is -3.60. The Bertz CT molecular complexity index is 1060. The second kappa shape index (κ2) is 9.69. The lowest BCUT2D eigenvalue weighted by Gasteiger charge is -2.31. The van der Waals surface area contributed by atoms with Gasteiger partial charge in [0.1, 0.15) is 12.7 Å². The van der Waals surface area contributed by atoms with Crippen LogP contribution in [0.2, 0.25) is 0 Å². The highest BCUT2D eigenvalue weighted by molar-refractivity contribution is 7.85. The number of hydrogen-bond donors (Lipinski definition) is 2. The molecule has 0 aromatic heterocycles. The van der Waals surface area contributed by atoms with Gasteiger partial charge in [0, 0.05) is 0 Å². The summed E-state index contributed by atoms with van der Waals surface area (Å²) in [5.74, 6) is -3.48. The first kappa shape index (κ1) is 23.1. The van der Waals surface area contributed by atoms with Gasteiger partial charge < -0.3 is 15.2 Å². The number of fused-ring (bicyclic) bond motifs is 2. The molecule has 0 saturated heterocycles. The van der Waals surface area contributed by atoms with E-state index in [1.807, 2.05) is 0 Å². The van der Waals surface area contributed by atoms with Gasteiger partial charge in [0.2, 0.25) is 0 Å². The van der Waals surface area contributed by atoms with Crippen molar-refractivity contribution in [1.29, 1.82) is 0 Å². The van der Waals surface area contributed by atoms with Crippen LogP contribution in [0, 0.1) is 0 Å². The van der Waals surface area contributed by atoms with E-state index in [-0.39, 0.29) is 0 Å². The normalized spacial score (nSPS) is 14.5. The number of ether oxygens (including phenoxy) is 1. The Morgan fingerprint density at radius 3 is 2.09 bits per heavy atom. The Labute approximate surface area is 184 Å². The van der Waals surface area contributed by atoms with Crippen molar-refractivity contribution in [3.8, 4) is 0 Å². The van der Waals surface area contributed by atoms with Gasteiger partial charge in [-0.2, -0.15) is 0 Å². The van der Waals surface area contributed by atoms with Crippen LogP contribution in [0.3, 0.4) is 0 Å². The number of carbonyl (C=O) groups is 4. The van der Waals surface area contributed by atoms with E-state index >= 15 is 0 Å². The van der Waals surface area contributed by atoms with Crippen LogP contribution in [0.4, 0.5) is 20.6 Å². The first-order chi connectivity index (χ1) is 15.2. The molecule has 0 radical (unpaired) electrons. The minimum Gasteiger partial charge on any atom is -0.481 e. The molecule has 2 unspecified atom stereocenters. The molecule has 0 aliphatic carbocycles. The maximum Gasteiger partial charge on any atom is 0.419 e. The van der Waals surface area contributed by atoms with Crippen molar-refractivity contribution in [2.45, 2.75) is 35.3 Å². The quantitative estimate of drug-likeness (QED) is 0.646. The molecule has 0 fully saturated rings. The van der Waals surface area contributed by atoms with E-state index in [1.165, 1.54) is 11.8 Å². The maximum atomic E-state index is 13.0. The summed E-state index contributed by atoms with van der Waals surface area (Å²) in [5.41, 5.74) is 0.636. The summed E-state index contributed by atoms with van der Waals surface area (Å²) >= 11 is 0. The van der Waals surface area contributed by atoms with Crippen molar-refractivity contribution < 1.29 is 37.6 Å². The molecule has 32 heavy (non-hydrogen) atoms. The second-order valence-corrected chi connectivity index (χ2v) is 8.24. The van der Waals surface area contributed by atoms with Crippen molar-refractivity contribution in [2.75, 3.05) is 11.6 Å². The minimum absolute atomic E-state index is 0.318. The molecular weight excluding hydrogens is 443 g/mol. The molecule has 0 spiro atoms. The van der Waals surface area contributed by atoms with Crippen molar-refractivity contribution in [3.63, 3.8) is 0 Å². The van der Waals surface area contributed by atoms with E-state index < -0.39 is 59.8 Å². The fourth-order valence-electron chi connectivity index (χ4n) is 3.10. The fraction of sp³-hybridized carbons (Fsp3) is 0.238. The summed E-state index contributed by atoms with van der Waals surface area (Å²) in [4.78, 5) is 49.8. The predicted molar refractivity (Wildman–Crippen MR) is 111 cm³/mol. The molecule has 9 nitrogen and oxygen atoms in total. The topological polar surface area (TPSA) is 130 Å². The number of carbonyl (C=O) groups excluding carboxylic acids is 3. The highest BCUT2D eigenvalue weighted by atomic mass is 32.2. The Morgan fingerprint density at radius 1 is 1.06 bits per heavy atom. The van der Waals surface area contributed by atoms with Crippen LogP contribution in [0.5, 0.6) is 0 Å². The van der Waals surface area contributed by atoms with Gasteiger partial charge in [-0.05, 0) is 31.2 Å². The summed E-state index contributed by atoms with van der Waals surface area (Å²) in [6.07, 6.45) is -3.19. The lowest BCUT2D eigenvalue weighted by Crippen LogP contribution is -2.48. The SMILES string of the molecule is CC(OC(=O)N1c2ccccc2S(=O)c2ccccc21)C(=O)NC(CC(=O)O)C(=O)CF. The Morgan fingerprint density at radius 2 is 1.59 bits per heavy atom. The number of rotatable bonds is 7. The minimum atomic E-state index is -1.59. The number of nitrogens with zero attached hydrogens (tertiary/aromatic N) is 1. The van der Waals surface area contributed by atoms with Gasteiger partial charge in [0.05, 0.1) is 38.4 Å². The smallest absolute Gasteiger partial charge is 0.419 e. The van der Waals surface area contributed by atoms with Gasteiger partial charge in [-0.15, -0.1) is 0 Å². The largest absolute Gasteiger partial charge is 0.481 e. The number of amides is 2. The van der Waals surface area contributed by atoms with Crippen LogP contribution < -0.4 is 10.2 Å². The average molecular weight is 462 g/mol. The summed E-state index contributed by atoms with van der Waals surface area (Å²) in [6.45, 7) is -0.226. The summed E-state index contributed by atoms with van der Waals surface area (Å²) in [5, 5.41) is 11.0. The van der Waals surface area contributed by atoms with Crippen LogP contribution in [0.15, 0.2) is 58.3 Å². The monoisotopic (exact) mass is 462 g/mol. The summed E-state index contributed by atoms with van der Waals surface area (Å²) in [7, 11) is -1.53. The third kappa shape index (κ3) is 4.67. The first-order valence-corrected chi connectivity index (χ1v) is 10.6. The first-order valence-electron chi connectivity index (χ1n) is 9.46. The predicted octanol–water partition coefficient (Wildman–Crippen LogP) is 2.33. The van der Waals surface area contributed by atoms with Crippen LogP contribution in [-0.2, 0) is 29.9 Å². The molecule has 0 saturated carbocycles. The Balaban J connectivity index is 1.82. The number of ketones is 1. The number of carboxylic acid groups (broad SMARTS) is 1. The molecular formula is C21H19FN2O7S. The van der Waals surface area contributed by atoms with Crippen molar-refractivity contribution in [1.82, 2.24) is 5.32 Å². The number of aliphatic carboxylic acids is 1. The van der Waals surface area contributed by atoms with Crippen LogP contribution in [0.25, 0.3) is 0 Å². The van der Waals surface area contributed by atoms with Gasteiger partial charge in [-0.25, -0.2) is 18.3 Å².